The van der Waals surface area contributed by atoms with E-state index in [0.29, 0.717) is 19.8 Å². The van der Waals surface area contributed by atoms with E-state index in [4.69, 9.17) is 19.9 Å². The van der Waals surface area contributed by atoms with E-state index in [-0.39, 0.29) is 18.2 Å². The number of aromatic nitrogens is 1. The number of nitrogens with two attached hydrogens (primary N) is 1. The number of benzene rings is 1. The third-order valence-electron chi connectivity index (χ3n) is 3.17. The normalized spacial score (nSPS) is 10.2. The summed E-state index contributed by atoms with van der Waals surface area (Å²) in [6.07, 6.45) is 0.544. The standard InChI is InChI=1S/C18H21N3O5/c1-2-25-15-8-14(12-24-11-13-6-4-3-5-7-13)10-20-17(15)26-18(23)21-16(22)9-19/h3-8,10H,2,9,11-12,19H2,1H3,(H,21,22,23). The van der Waals surface area contributed by atoms with Crippen molar-refractivity contribution in [2.45, 2.75) is 20.1 Å². The minimum absolute atomic E-state index is 0.0408. The summed E-state index contributed by atoms with van der Waals surface area (Å²) in [5.41, 5.74) is 6.95. The van der Waals surface area contributed by atoms with Crippen LogP contribution in [0.15, 0.2) is 42.6 Å². The Balaban J connectivity index is 1.98. The van der Waals surface area contributed by atoms with Crippen LogP contribution in [0.5, 0.6) is 11.6 Å². The lowest BCUT2D eigenvalue weighted by Gasteiger charge is -2.11. The predicted octanol–water partition coefficient (Wildman–Crippen LogP) is 1.77. The van der Waals surface area contributed by atoms with E-state index in [9.17, 15) is 9.59 Å². The van der Waals surface area contributed by atoms with Crippen molar-refractivity contribution < 1.29 is 23.8 Å². The van der Waals surface area contributed by atoms with Crippen LogP contribution in [0.1, 0.15) is 18.1 Å². The zero-order chi connectivity index (χ0) is 18.8. The van der Waals surface area contributed by atoms with E-state index in [1.165, 1.54) is 6.20 Å². The number of amides is 2. The number of pyridine rings is 1. The molecular formula is C18H21N3O5. The molecule has 0 unspecified atom stereocenters. The van der Waals surface area contributed by atoms with Gasteiger partial charge >= 0.3 is 6.09 Å². The molecule has 0 saturated heterocycles. The number of hydrogen-bond acceptors (Lipinski definition) is 7. The molecule has 1 aromatic heterocycles. The Bertz CT molecular complexity index is 737. The summed E-state index contributed by atoms with van der Waals surface area (Å²) in [5.74, 6) is -0.413. The van der Waals surface area contributed by atoms with Crippen molar-refractivity contribution in [2.24, 2.45) is 5.73 Å². The molecule has 0 saturated carbocycles. The maximum absolute atomic E-state index is 11.6. The van der Waals surface area contributed by atoms with Crippen molar-refractivity contribution in [1.82, 2.24) is 10.3 Å². The Hall–Kier alpha value is -2.97. The average Bonchev–Trinajstić information content (AvgIpc) is 2.64. The zero-order valence-corrected chi connectivity index (χ0v) is 14.4. The Morgan fingerprint density at radius 3 is 2.58 bits per heavy atom. The van der Waals surface area contributed by atoms with Crippen LogP contribution in [-0.4, -0.2) is 30.1 Å². The number of rotatable bonds is 8. The monoisotopic (exact) mass is 359 g/mol. The molecule has 8 heteroatoms. The predicted molar refractivity (Wildman–Crippen MR) is 93.6 cm³/mol. The van der Waals surface area contributed by atoms with Gasteiger partial charge in [-0.1, -0.05) is 30.3 Å². The molecule has 0 radical (unpaired) electrons. The molecule has 0 aliphatic carbocycles. The molecule has 3 N–H and O–H groups in total. The third-order valence-corrected chi connectivity index (χ3v) is 3.17. The van der Waals surface area contributed by atoms with Crippen LogP contribution in [0.2, 0.25) is 0 Å². The fourth-order valence-corrected chi connectivity index (χ4v) is 2.03. The minimum atomic E-state index is -0.970. The summed E-state index contributed by atoms with van der Waals surface area (Å²) in [6.45, 7) is 2.61. The van der Waals surface area contributed by atoms with E-state index in [1.54, 1.807) is 13.0 Å². The number of imide groups is 1. The number of hydrogen-bond donors (Lipinski definition) is 2. The molecule has 0 atom stereocenters. The second-order valence-corrected chi connectivity index (χ2v) is 5.20. The SMILES string of the molecule is CCOc1cc(COCc2ccccc2)cnc1OC(=O)NC(=O)CN. The lowest BCUT2D eigenvalue weighted by atomic mass is 10.2. The first-order valence-electron chi connectivity index (χ1n) is 8.07. The van der Waals surface area contributed by atoms with E-state index in [1.807, 2.05) is 35.6 Å². The highest BCUT2D eigenvalue weighted by Gasteiger charge is 2.15. The number of ether oxygens (including phenoxy) is 3. The van der Waals surface area contributed by atoms with E-state index in [2.05, 4.69) is 4.98 Å². The van der Waals surface area contributed by atoms with Gasteiger partial charge in [-0.2, -0.15) is 0 Å². The Morgan fingerprint density at radius 2 is 1.88 bits per heavy atom. The summed E-state index contributed by atoms with van der Waals surface area (Å²) < 4.78 is 16.1. The first-order valence-corrected chi connectivity index (χ1v) is 8.07. The molecule has 0 aliphatic rings. The van der Waals surface area contributed by atoms with Crippen molar-refractivity contribution >= 4 is 12.0 Å². The van der Waals surface area contributed by atoms with Crippen LogP contribution in [0.3, 0.4) is 0 Å². The number of nitrogens with zero attached hydrogens (tertiary/aromatic N) is 1. The number of nitrogens with one attached hydrogen (secondary N) is 1. The Labute approximate surface area is 151 Å². The van der Waals surface area contributed by atoms with Gasteiger partial charge in [-0.25, -0.2) is 9.78 Å². The van der Waals surface area contributed by atoms with E-state index in [0.717, 1.165) is 11.1 Å². The van der Waals surface area contributed by atoms with Crippen LogP contribution < -0.4 is 20.5 Å². The third kappa shape index (κ3) is 6.15. The summed E-state index contributed by atoms with van der Waals surface area (Å²) in [5, 5.41) is 1.97. The smallest absolute Gasteiger partial charge is 0.420 e. The molecule has 2 amide bonds. The van der Waals surface area contributed by atoms with Crippen LogP contribution >= 0.6 is 0 Å². The first kappa shape index (κ1) is 19.4. The largest absolute Gasteiger partial charge is 0.488 e. The second-order valence-electron chi connectivity index (χ2n) is 5.20. The molecule has 2 aromatic rings. The van der Waals surface area contributed by atoms with Gasteiger partial charge in [-0.3, -0.25) is 10.1 Å². The van der Waals surface area contributed by atoms with E-state index < -0.39 is 12.0 Å². The highest BCUT2D eigenvalue weighted by molar-refractivity contribution is 5.93. The summed E-state index contributed by atoms with van der Waals surface area (Å²) in [6, 6.07) is 11.5. The van der Waals surface area contributed by atoms with Gasteiger partial charge in [-0.15, -0.1) is 0 Å². The molecule has 1 aromatic carbocycles. The molecule has 0 aliphatic heterocycles. The van der Waals surface area contributed by atoms with Gasteiger partial charge in [0.25, 0.3) is 5.88 Å². The molecule has 0 fully saturated rings. The lowest BCUT2D eigenvalue weighted by molar-refractivity contribution is -0.118. The Morgan fingerprint density at radius 1 is 1.15 bits per heavy atom. The molecule has 1 heterocycles. The summed E-state index contributed by atoms with van der Waals surface area (Å²) in [4.78, 5) is 26.8. The van der Waals surface area contributed by atoms with Crippen LogP contribution in [0.4, 0.5) is 4.79 Å². The van der Waals surface area contributed by atoms with Crippen molar-refractivity contribution in [1.29, 1.82) is 0 Å². The molecule has 2 rings (SSSR count). The van der Waals surface area contributed by atoms with Gasteiger partial charge in [0.15, 0.2) is 5.75 Å². The highest BCUT2D eigenvalue weighted by atomic mass is 16.6. The van der Waals surface area contributed by atoms with Gasteiger partial charge < -0.3 is 19.9 Å². The maximum Gasteiger partial charge on any atom is 0.420 e. The van der Waals surface area contributed by atoms with Crippen LogP contribution in [0.25, 0.3) is 0 Å². The Kier molecular flexibility index (Phi) is 7.53. The molecule has 26 heavy (non-hydrogen) atoms. The number of carbonyl (C=O) groups is 2. The second kappa shape index (κ2) is 10.1. The van der Waals surface area contributed by atoms with Gasteiger partial charge in [0.2, 0.25) is 5.91 Å². The molecule has 0 spiro atoms. The van der Waals surface area contributed by atoms with Crippen LogP contribution in [-0.2, 0) is 22.7 Å². The zero-order valence-electron chi connectivity index (χ0n) is 14.4. The molecular weight excluding hydrogens is 338 g/mol. The minimum Gasteiger partial charge on any atom is -0.488 e. The fourth-order valence-electron chi connectivity index (χ4n) is 2.03. The fraction of sp³-hybridized carbons (Fsp3) is 0.278. The quantitative estimate of drug-likeness (QED) is 0.738. The highest BCUT2D eigenvalue weighted by Crippen LogP contribution is 2.26. The van der Waals surface area contributed by atoms with Crippen LogP contribution in [0, 0.1) is 0 Å². The summed E-state index contributed by atoms with van der Waals surface area (Å²) in [7, 11) is 0. The van der Waals surface area contributed by atoms with Crippen molar-refractivity contribution in [3.63, 3.8) is 0 Å². The molecule has 0 bridgehead atoms. The van der Waals surface area contributed by atoms with Gasteiger partial charge in [0.05, 0.1) is 26.4 Å². The average molecular weight is 359 g/mol. The molecule has 8 nitrogen and oxygen atoms in total. The first-order chi connectivity index (χ1) is 12.6. The van der Waals surface area contributed by atoms with Crippen molar-refractivity contribution in [3.8, 4) is 11.6 Å². The van der Waals surface area contributed by atoms with Gasteiger partial charge in [-0.05, 0) is 18.6 Å². The molecule has 138 valence electrons. The van der Waals surface area contributed by atoms with Crippen molar-refractivity contribution in [3.05, 3.63) is 53.7 Å². The topological polar surface area (TPSA) is 113 Å². The van der Waals surface area contributed by atoms with Gasteiger partial charge in [0, 0.05) is 11.8 Å². The number of carbonyl (C=O) groups excluding carboxylic acids is 2. The van der Waals surface area contributed by atoms with E-state index >= 15 is 0 Å². The summed E-state index contributed by atoms with van der Waals surface area (Å²) >= 11 is 0. The maximum atomic E-state index is 11.6. The lowest BCUT2D eigenvalue weighted by Crippen LogP contribution is -2.37. The van der Waals surface area contributed by atoms with Crippen molar-refractivity contribution in [2.75, 3.05) is 13.2 Å². The van der Waals surface area contributed by atoms with Gasteiger partial charge in [0.1, 0.15) is 0 Å².